The molecule has 1 aromatic heterocycles. The summed E-state index contributed by atoms with van der Waals surface area (Å²) >= 11 is 5.41. The van der Waals surface area contributed by atoms with Crippen LogP contribution in [-0.4, -0.2) is 16.1 Å². The van der Waals surface area contributed by atoms with E-state index in [4.69, 9.17) is 0 Å². The van der Waals surface area contributed by atoms with Gasteiger partial charge in [0, 0.05) is 22.8 Å². The number of thioether (sulfide) groups is 1. The van der Waals surface area contributed by atoms with Gasteiger partial charge in [0.1, 0.15) is 6.29 Å². The lowest BCUT2D eigenvalue weighted by atomic mass is 10.2. The predicted octanol–water partition coefficient (Wildman–Crippen LogP) is 4.33. The highest BCUT2D eigenvalue weighted by Gasteiger charge is 2.13. The molecule has 0 atom stereocenters. The summed E-state index contributed by atoms with van der Waals surface area (Å²) < 4.78 is 3.18. The van der Waals surface area contributed by atoms with Crippen molar-refractivity contribution in [3.8, 4) is 0 Å². The minimum Gasteiger partial charge on any atom is -0.298 e. The zero-order valence-electron chi connectivity index (χ0n) is 11.6. The first-order valence-electron chi connectivity index (χ1n) is 6.61. The van der Waals surface area contributed by atoms with Crippen LogP contribution < -0.4 is 0 Å². The Bertz CT molecular complexity index is 593. The molecule has 0 saturated heterocycles. The molecule has 106 valence electrons. The van der Waals surface area contributed by atoms with E-state index in [2.05, 4.69) is 39.6 Å². The van der Waals surface area contributed by atoms with E-state index >= 15 is 0 Å². The maximum atomic E-state index is 10.6. The molecule has 0 aliphatic rings. The number of aryl methyl sites for hydroxylation is 2. The van der Waals surface area contributed by atoms with E-state index < -0.39 is 0 Å². The zero-order chi connectivity index (χ0) is 14.5. The van der Waals surface area contributed by atoms with Gasteiger partial charge in [-0.05, 0) is 41.4 Å². The Balaban J connectivity index is 2.13. The van der Waals surface area contributed by atoms with Crippen molar-refractivity contribution in [2.24, 2.45) is 0 Å². The quantitative estimate of drug-likeness (QED) is 0.573. The van der Waals surface area contributed by atoms with Gasteiger partial charge in [0.2, 0.25) is 0 Å². The van der Waals surface area contributed by atoms with E-state index in [1.807, 2.05) is 24.3 Å². The van der Waals surface area contributed by atoms with E-state index in [-0.39, 0.29) is 0 Å². The number of rotatable bonds is 6. The lowest BCUT2D eigenvalue weighted by Gasteiger charge is -2.05. The molecular formula is C15H17BrN2OS. The fourth-order valence-corrected chi connectivity index (χ4v) is 3.76. The molecule has 0 N–H and O–H groups in total. The second-order valence-electron chi connectivity index (χ2n) is 4.35. The van der Waals surface area contributed by atoms with E-state index in [0.29, 0.717) is 5.56 Å². The molecule has 3 nitrogen and oxygen atoms in total. The monoisotopic (exact) mass is 352 g/mol. The molecule has 0 aliphatic heterocycles. The third-order valence-corrected chi connectivity index (χ3v) is 5.02. The minimum absolute atomic E-state index is 0.711. The SMILES string of the molecule is CCc1nn(CC)c(CSc2ccc(C=O)cc2)c1Br. The van der Waals surface area contributed by atoms with Crippen molar-refractivity contribution in [3.63, 3.8) is 0 Å². The third kappa shape index (κ3) is 3.33. The van der Waals surface area contributed by atoms with Gasteiger partial charge in [-0.1, -0.05) is 19.1 Å². The predicted molar refractivity (Wildman–Crippen MR) is 86.4 cm³/mol. The van der Waals surface area contributed by atoms with Crippen LogP contribution in [0.2, 0.25) is 0 Å². The Morgan fingerprint density at radius 3 is 2.55 bits per heavy atom. The Kier molecular flexibility index (Phi) is 5.43. The van der Waals surface area contributed by atoms with E-state index in [1.165, 1.54) is 5.69 Å². The number of hydrogen-bond acceptors (Lipinski definition) is 3. The van der Waals surface area contributed by atoms with Gasteiger partial charge in [-0.25, -0.2) is 0 Å². The number of aldehydes is 1. The van der Waals surface area contributed by atoms with Gasteiger partial charge < -0.3 is 0 Å². The first-order valence-corrected chi connectivity index (χ1v) is 8.39. The summed E-state index contributed by atoms with van der Waals surface area (Å²) in [7, 11) is 0. The Morgan fingerprint density at radius 1 is 1.30 bits per heavy atom. The van der Waals surface area contributed by atoms with E-state index in [0.717, 1.165) is 40.1 Å². The molecule has 1 aromatic carbocycles. The van der Waals surface area contributed by atoms with Crippen molar-refractivity contribution in [1.82, 2.24) is 9.78 Å². The van der Waals surface area contributed by atoms with Crippen molar-refractivity contribution in [3.05, 3.63) is 45.7 Å². The van der Waals surface area contributed by atoms with Crippen LogP contribution in [-0.2, 0) is 18.7 Å². The standard InChI is InChI=1S/C15H17BrN2OS/c1-3-13-15(16)14(18(4-2)17-13)10-20-12-7-5-11(9-19)6-8-12/h5-9H,3-4,10H2,1-2H3. The van der Waals surface area contributed by atoms with Gasteiger partial charge in [-0.3, -0.25) is 9.48 Å². The van der Waals surface area contributed by atoms with Crippen LogP contribution >= 0.6 is 27.7 Å². The number of halogens is 1. The first-order chi connectivity index (χ1) is 9.69. The average Bonchev–Trinajstić information content (AvgIpc) is 2.81. The number of carbonyl (C=O) groups excluding carboxylic acids is 1. The van der Waals surface area contributed by atoms with Gasteiger partial charge in [0.15, 0.2) is 0 Å². The molecule has 0 bridgehead atoms. The number of carbonyl (C=O) groups is 1. The molecule has 0 radical (unpaired) electrons. The zero-order valence-corrected chi connectivity index (χ0v) is 14.0. The molecule has 0 saturated carbocycles. The molecule has 0 spiro atoms. The smallest absolute Gasteiger partial charge is 0.150 e. The van der Waals surface area contributed by atoms with Crippen molar-refractivity contribution < 1.29 is 4.79 Å². The Hall–Kier alpha value is -1.07. The van der Waals surface area contributed by atoms with Crippen LogP contribution in [0, 0.1) is 0 Å². The molecule has 2 rings (SSSR count). The summed E-state index contributed by atoms with van der Waals surface area (Å²) in [5, 5.41) is 4.60. The van der Waals surface area contributed by atoms with Gasteiger partial charge in [-0.15, -0.1) is 11.8 Å². The summed E-state index contributed by atoms with van der Waals surface area (Å²) in [6, 6.07) is 7.66. The molecule has 0 amide bonds. The summed E-state index contributed by atoms with van der Waals surface area (Å²) in [4.78, 5) is 11.8. The third-order valence-electron chi connectivity index (χ3n) is 3.09. The highest BCUT2D eigenvalue weighted by Crippen LogP contribution is 2.29. The van der Waals surface area contributed by atoms with Crippen LogP contribution in [0.1, 0.15) is 35.6 Å². The molecule has 0 fully saturated rings. The lowest BCUT2D eigenvalue weighted by molar-refractivity contribution is 0.112. The highest BCUT2D eigenvalue weighted by molar-refractivity contribution is 9.10. The molecule has 2 aromatic rings. The maximum Gasteiger partial charge on any atom is 0.150 e. The second kappa shape index (κ2) is 7.09. The fraction of sp³-hybridized carbons (Fsp3) is 0.333. The highest BCUT2D eigenvalue weighted by atomic mass is 79.9. The van der Waals surface area contributed by atoms with Crippen LogP contribution in [0.3, 0.4) is 0 Å². The molecule has 1 heterocycles. The van der Waals surface area contributed by atoms with Crippen LogP contribution in [0.25, 0.3) is 0 Å². The molecule has 0 aliphatic carbocycles. The normalized spacial score (nSPS) is 10.8. The average molecular weight is 353 g/mol. The van der Waals surface area contributed by atoms with Crippen LogP contribution in [0.5, 0.6) is 0 Å². The fourth-order valence-electron chi connectivity index (χ4n) is 1.95. The van der Waals surface area contributed by atoms with Gasteiger partial charge in [0.25, 0.3) is 0 Å². The number of aromatic nitrogens is 2. The second-order valence-corrected chi connectivity index (χ2v) is 6.19. The van der Waals surface area contributed by atoms with Crippen molar-refractivity contribution >= 4 is 34.0 Å². The number of hydrogen-bond donors (Lipinski definition) is 0. The largest absolute Gasteiger partial charge is 0.298 e. The topological polar surface area (TPSA) is 34.9 Å². The minimum atomic E-state index is 0.711. The van der Waals surface area contributed by atoms with Crippen LogP contribution in [0.4, 0.5) is 0 Å². The summed E-state index contributed by atoms with van der Waals surface area (Å²) in [6.45, 7) is 5.09. The van der Waals surface area contributed by atoms with E-state index in [1.54, 1.807) is 11.8 Å². The maximum absolute atomic E-state index is 10.6. The number of nitrogens with zero attached hydrogens (tertiary/aromatic N) is 2. The molecule has 5 heteroatoms. The summed E-state index contributed by atoms with van der Waals surface area (Å²) in [5.41, 5.74) is 3.04. The Morgan fingerprint density at radius 2 is 2.00 bits per heavy atom. The number of benzene rings is 1. The van der Waals surface area contributed by atoms with Gasteiger partial charge in [-0.2, -0.15) is 5.10 Å². The van der Waals surface area contributed by atoms with Crippen molar-refractivity contribution in [1.29, 1.82) is 0 Å². The van der Waals surface area contributed by atoms with Gasteiger partial charge >= 0.3 is 0 Å². The lowest BCUT2D eigenvalue weighted by Crippen LogP contribution is -2.01. The van der Waals surface area contributed by atoms with Crippen molar-refractivity contribution in [2.45, 2.75) is 37.5 Å². The van der Waals surface area contributed by atoms with Gasteiger partial charge in [0.05, 0.1) is 15.9 Å². The summed E-state index contributed by atoms with van der Waals surface area (Å²) in [6.07, 6.45) is 1.80. The molecular weight excluding hydrogens is 336 g/mol. The molecule has 20 heavy (non-hydrogen) atoms. The van der Waals surface area contributed by atoms with Crippen molar-refractivity contribution in [2.75, 3.05) is 0 Å². The Labute approximate surface area is 131 Å². The summed E-state index contributed by atoms with van der Waals surface area (Å²) in [5.74, 6) is 0.863. The first kappa shape index (κ1) is 15.3. The van der Waals surface area contributed by atoms with E-state index in [9.17, 15) is 4.79 Å². The molecule has 0 unspecified atom stereocenters. The van der Waals surface area contributed by atoms with Crippen LogP contribution in [0.15, 0.2) is 33.6 Å².